The molecule has 1 N–H and O–H groups in total. The zero-order valence-electron chi connectivity index (χ0n) is 14.7. The number of urea groups is 1. The molecule has 2 rings (SSSR count). The van der Waals surface area contributed by atoms with Crippen molar-refractivity contribution >= 4 is 6.03 Å². The van der Waals surface area contributed by atoms with Gasteiger partial charge in [0.25, 0.3) is 0 Å². The average molecular weight is 320 g/mol. The Morgan fingerprint density at radius 3 is 2.43 bits per heavy atom. The van der Waals surface area contributed by atoms with E-state index in [-0.39, 0.29) is 18.2 Å². The lowest BCUT2D eigenvalue weighted by molar-refractivity contribution is -0.0555. The van der Waals surface area contributed by atoms with Crippen LogP contribution in [0.5, 0.6) is 5.75 Å². The molecule has 3 unspecified atom stereocenters. The molecule has 0 radical (unpaired) electrons. The first-order valence-electron chi connectivity index (χ1n) is 8.33. The summed E-state index contributed by atoms with van der Waals surface area (Å²) in [6.07, 6.45) is -0.277. The summed E-state index contributed by atoms with van der Waals surface area (Å²) in [5, 5.41) is 2.91. The van der Waals surface area contributed by atoms with E-state index < -0.39 is 6.23 Å². The third-order valence-corrected chi connectivity index (χ3v) is 3.88. The van der Waals surface area contributed by atoms with Crippen molar-refractivity contribution in [2.75, 3.05) is 13.1 Å². The summed E-state index contributed by atoms with van der Waals surface area (Å²) < 4.78 is 11.6. The van der Waals surface area contributed by atoms with Crippen molar-refractivity contribution in [1.82, 2.24) is 10.2 Å². The zero-order chi connectivity index (χ0) is 17.0. The Labute approximate surface area is 139 Å². The van der Waals surface area contributed by atoms with Crippen molar-refractivity contribution in [1.29, 1.82) is 0 Å². The molecule has 1 saturated heterocycles. The molecule has 1 aromatic rings. The number of nitrogens with one attached hydrogen (secondary N) is 1. The second-order valence-electron chi connectivity index (χ2n) is 6.56. The highest BCUT2D eigenvalue weighted by Crippen LogP contribution is 2.26. The summed E-state index contributed by atoms with van der Waals surface area (Å²) in [5.41, 5.74) is 1.14. The van der Waals surface area contributed by atoms with Gasteiger partial charge in [-0.15, -0.1) is 0 Å². The molecule has 0 aliphatic carbocycles. The van der Waals surface area contributed by atoms with E-state index >= 15 is 0 Å². The molecule has 5 nitrogen and oxygen atoms in total. The molecule has 1 heterocycles. The number of morpholine rings is 1. The van der Waals surface area contributed by atoms with E-state index in [0.29, 0.717) is 19.0 Å². The number of amides is 2. The van der Waals surface area contributed by atoms with E-state index in [1.54, 1.807) is 4.90 Å². The monoisotopic (exact) mass is 320 g/mol. The number of benzene rings is 1. The zero-order valence-corrected chi connectivity index (χ0v) is 14.7. The van der Waals surface area contributed by atoms with Crippen LogP contribution in [0.25, 0.3) is 0 Å². The van der Waals surface area contributed by atoms with Gasteiger partial charge in [0, 0.05) is 13.1 Å². The quantitative estimate of drug-likeness (QED) is 0.866. The van der Waals surface area contributed by atoms with Crippen LogP contribution in [0.4, 0.5) is 4.79 Å². The molecule has 1 aromatic carbocycles. The molecule has 1 aliphatic rings. The minimum absolute atomic E-state index is 0.0578. The van der Waals surface area contributed by atoms with Crippen LogP contribution in [0.2, 0.25) is 0 Å². The summed E-state index contributed by atoms with van der Waals surface area (Å²) in [4.78, 5) is 14.2. The molecule has 0 aromatic heterocycles. The second kappa shape index (κ2) is 7.68. The van der Waals surface area contributed by atoms with Gasteiger partial charge in [-0.05, 0) is 38.3 Å². The lowest BCUT2D eigenvalue weighted by atomic mass is 10.0. The second-order valence-corrected chi connectivity index (χ2v) is 6.56. The number of hydrogen-bond donors (Lipinski definition) is 1. The summed E-state index contributed by atoms with van der Waals surface area (Å²) in [6, 6.07) is 7.83. The van der Waals surface area contributed by atoms with E-state index in [4.69, 9.17) is 9.47 Å². The highest BCUT2D eigenvalue weighted by atomic mass is 16.5. The van der Waals surface area contributed by atoms with Crippen LogP contribution < -0.4 is 10.1 Å². The van der Waals surface area contributed by atoms with E-state index in [2.05, 4.69) is 25.2 Å². The number of ether oxygens (including phenoxy) is 2. The molecule has 0 spiro atoms. The van der Waals surface area contributed by atoms with Crippen LogP contribution in [0.1, 0.15) is 46.1 Å². The molecule has 2 amide bonds. The maximum absolute atomic E-state index is 12.4. The number of para-hydroxylation sites is 1. The number of carbonyl (C=O) groups is 1. The molecule has 128 valence electrons. The van der Waals surface area contributed by atoms with Gasteiger partial charge < -0.3 is 19.7 Å². The van der Waals surface area contributed by atoms with Crippen molar-refractivity contribution in [3.8, 4) is 5.75 Å². The Bertz CT molecular complexity index is 523. The molecule has 0 bridgehead atoms. The standard InChI is InChI=1S/C18H28N2O3/c1-12(2)16-8-6-7-9-17(16)23-15(5)19-18(21)20-10-13(3)22-14(4)11-20/h6-9,12-15H,10-11H2,1-5H3,(H,19,21). The van der Waals surface area contributed by atoms with Gasteiger partial charge >= 0.3 is 6.03 Å². The van der Waals surface area contributed by atoms with Crippen LogP contribution in [0.15, 0.2) is 24.3 Å². The fraction of sp³-hybridized carbons (Fsp3) is 0.611. The van der Waals surface area contributed by atoms with E-state index in [1.807, 2.05) is 39.0 Å². The predicted octanol–water partition coefficient (Wildman–Crippen LogP) is 3.35. The van der Waals surface area contributed by atoms with Crippen molar-refractivity contribution in [3.05, 3.63) is 29.8 Å². The summed E-state index contributed by atoms with van der Waals surface area (Å²) in [6.45, 7) is 11.3. The van der Waals surface area contributed by atoms with E-state index in [1.165, 1.54) is 0 Å². The van der Waals surface area contributed by atoms with Crippen LogP contribution in [0.3, 0.4) is 0 Å². The molecule has 5 heteroatoms. The van der Waals surface area contributed by atoms with Crippen LogP contribution in [-0.2, 0) is 4.74 Å². The van der Waals surface area contributed by atoms with Crippen LogP contribution in [-0.4, -0.2) is 42.5 Å². The van der Waals surface area contributed by atoms with Crippen molar-refractivity contribution < 1.29 is 14.3 Å². The first-order chi connectivity index (χ1) is 10.9. The van der Waals surface area contributed by atoms with E-state index in [0.717, 1.165) is 11.3 Å². The van der Waals surface area contributed by atoms with Crippen molar-refractivity contribution in [3.63, 3.8) is 0 Å². The summed E-state index contributed by atoms with van der Waals surface area (Å²) >= 11 is 0. The molecule has 1 aliphatic heterocycles. The van der Waals surface area contributed by atoms with Gasteiger partial charge in [-0.25, -0.2) is 4.79 Å². The first-order valence-corrected chi connectivity index (χ1v) is 8.33. The third kappa shape index (κ3) is 4.86. The summed E-state index contributed by atoms with van der Waals surface area (Å²) in [7, 11) is 0. The highest BCUT2D eigenvalue weighted by Gasteiger charge is 2.26. The molecule has 0 saturated carbocycles. The van der Waals surface area contributed by atoms with Gasteiger partial charge in [0.1, 0.15) is 5.75 Å². The smallest absolute Gasteiger partial charge is 0.320 e. The van der Waals surface area contributed by atoms with Gasteiger partial charge in [0.2, 0.25) is 0 Å². The van der Waals surface area contributed by atoms with Gasteiger partial charge in [-0.2, -0.15) is 0 Å². The molecule has 1 fully saturated rings. The minimum Gasteiger partial charge on any atom is -0.471 e. The van der Waals surface area contributed by atoms with E-state index in [9.17, 15) is 4.79 Å². The van der Waals surface area contributed by atoms with Crippen LogP contribution in [0, 0.1) is 0 Å². The predicted molar refractivity (Wildman–Crippen MR) is 90.7 cm³/mol. The molecule has 23 heavy (non-hydrogen) atoms. The SMILES string of the molecule is CC1CN(C(=O)NC(C)Oc2ccccc2C(C)C)CC(C)O1. The number of nitrogens with zero attached hydrogens (tertiary/aromatic N) is 1. The number of rotatable bonds is 4. The van der Waals surface area contributed by atoms with Gasteiger partial charge in [0.05, 0.1) is 12.2 Å². The normalized spacial score (nSPS) is 22.8. The largest absolute Gasteiger partial charge is 0.471 e. The average Bonchev–Trinajstić information content (AvgIpc) is 2.46. The fourth-order valence-electron chi connectivity index (χ4n) is 2.89. The maximum atomic E-state index is 12.4. The number of hydrogen-bond acceptors (Lipinski definition) is 3. The maximum Gasteiger partial charge on any atom is 0.320 e. The number of carbonyl (C=O) groups excluding carboxylic acids is 1. The molecular weight excluding hydrogens is 292 g/mol. The first kappa shape index (κ1) is 17.6. The fourth-order valence-corrected chi connectivity index (χ4v) is 2.89. The lowest BCUT2D eigenvalue weighted by Gasteiger charge is -2.35. The van der Waals surface area contributed by atoms with Gasteiger partial charge in [-0.1, -0.05) is 32.0 Å². The lowest BCUT2D eigenvalue weighted by Crippen LogP contribution is -2.53. The molecular formula is C18H28N2O3. The van der Waals surface area contributed by atoms with Crippen LogP contribution >= 0.6 is 0 Å². The topological polar surface area (TPSA) is 50.8 Å². The Balaban J connectivity index is 1.94. The van der Waals surface area contributed by atoms with Crippen molar-refractivity contribution in [2.24, 2.45) is 0 Å². The Hall–Kier alpha value is -1.75. The Morgan fingerprint density at radius 1 is 1.22 bits per heavy atom. The Morgan fingerprint density at radius 2 is 1.83 bits per heavy atom. The molecule has 3 atom stereocenters. The highest BCUT2D eigenvalue weighted by molar-refractivity contribution is 5.74. The van der Waals surface area contributed by atoms with Crippen molar-refractivity contribution in [2.45, 2.75) is 59.0 Å². The minimum atomic E-state index is -0.393. The van der Waals surface area contributed by atoms with Gasteiger partial charge in [-0.3, -0.25) is 0 Å². The third-order valence-electron chi connectivity index (χ3n) is 3.88. The summed E-state index contributed by atoms with van der Waals surface area (Å²) in [5.74, 6) is 1.19. The Kier molecular flexibility index (Phi) is 5.88. The van der Waals surface area contributed by atoms with Gasteiger partial charge in [0.15, 0.2) is 6.23 Å².